The molecule has 0 N–H and O–H groups in total. The van der Waals surface area contributed by atoms with Crippen molar-refractivity contribution in [2.75, 3.05) is 18.0 Å². The number of aromatic nitrogens is 2. The second-order valence-electron chi connectivity index (χ2n) is 6.42. The Morgan fingerprint density at radius 1 is 1.10 bits per heavy atom. The molecule has 0 spiro atoms. The van der Waals surface area contributed by atoms with Gasteiger partial charge in [-0.05, 0) is 50.9 Å². The van der Waals surface area contributed by atoms with Crippen LogP contribution in [0.25, 0.3) is 0 Å². The van der Waals surface area contributed by atoms with Crippen LogP contribution in [0.1, 0.15) is 50.4 Å². The van der Waals surface area contributed by atoms with E-state index in [1.165, 1.54) is 25.7 Å². The first-order chi connectivity index (χ1) is 9.67. The van der Waals surface area contributed by atoms with Gasteiger partial charge in [-0.15, -0.1) is 0 Å². The number of hydrogen-bond donors (Lipinski definition) is 0. The third-order valence-corrected chi connectivity index (χ3v) is 4.60. The van der Waals surface area contributed by atoms with Crippen molar-refractivity contribution < 1.29 is 0 Å². The molecular formula is C16H24ClN3. The van der Waals surface area contributed by atoms with Gasteiger partial charge in [-0.3, -0.25) is 0 Å². The van der Waals surface area contributed by atoms with Crippen LogP contribution < -0.4 is 4.90 Å². The molecule has 0 aliphatic heterocycles. The van der Waals surface area contributed by atoms with Crippen LogP contribution >= 0.6 is 11.6 Å². The number of aryl methyl sites for hydroxylation is 1. The molecule has 4 heteroatoms. The molecule has 0 unspecified atom stereocenters. The Hall–Kier alpha value is -0.830. The zero-order valence-corrected chi connectivity index (χ0v) is 13.3. The standard InChI is InChI=1S/C16H24ClN3/c1-3-4-14-18-15(17)11(2)16(19-14)20(9-12-5-6-12)10-13-7-8-13/h12-13H,3-10H2,1-2H3. The van der Waals surface area contributed by atoms with Crippen LogP contribution in [0, 0.1) is 18.8 Å². The molecule has 0 atom stereocenters. The highest BCUT2D eigenvalue weighted by molar-refractivity contribution is 6.30. The van der Waals surface area contributed by atoms with Crippen LogP contribution in [0.4, 0.5) is 5.82 Å². The summed E-state index contributed by atoms with van der Waals surface area (Å²) < 4.78 is 0. The SMILES string of the molecule is CCCc1nc(Cl)c(C)c(N(CC2CC2)CC2CC2)n1. The van der Waals surface area contributed by atoms with Crippen molar-refractivity contribution in [2.24, 2.45) is 11.8 Å². The first-order valence-electron chi connectivity index (χ1n) is 7.95. The lowest BCUT2D eigenvalue weighted by molar-refractivity contribution is 0.664. The Bertz CT molecular complexity index is 467. The van der Waals surface area contributed by atoms with E-state index in [0.717, 1.165) is 55.0 Å². The average Bonchev–Trinajstić information content (AvgIpc) is 3.28. The summed E-state index contributed by atoms with van der Waals surface area (Å²) in [5.74, 6) is 3.73. The molecule has 0 amide bonds. The van der Waals surface area contributed by atoms with E-state index in [-0.39, 0.29) is 0 Å². The number of halogens is 1. The van der Waals surface area contributed by atoms with Crippen LogP contribution in [0.15, 0.2) is 0 Å². The van der Waals surface area contributed by atoms with Gasteiger partial charge in [-0.1, -0.05) is 18.5 Å². The molecule has 3 nitrogen and oxygen atoms in total. The second kappa shape index (κ2) is 5.88. The second-order valence-corrected chi connectivity index (χ2v) is 6.78. The fraction of sp³-hybridized carbons (Fsp3) is 0.750. The minimum absolute atomic E-state index is 0.634. The Morgan fingerprint density at radius 2 is 1.70 bits per heavy atom. The zero-order valence-electron chi connectivity index (χ0n) is 12.5. The summed E-state index contributed by atoms with van der Waals surface area (Å²) in [6.07, 6.45) is 7.47. The summed E-state index contributed by atoms with van der Waals surface area (Å²) in [5, 5.41) is 0.634. The average molecular weight is 294 g/mol. The van der Waals surface area contributed by atoms with Crippen LogP contribution in [0.3, 0.4) is 0 Å². The van der Waals surface area contributed by atoms with Crippen molar-refractivity contribution in [3.63, 3.8) is 0 Å². The molecule has 3 rings (SSSR count). The Kier molecular flexibility index (Phi) is 4.16. The maximum absolute atomic E-state index is 6.33. The normalized spacial score (nSPS) is 18.4. The van der Waals surface area contributed by atoms with Gasteiger partial charge in [-0.2, -0.15) is 0 Å². The van der Waals surface area contributed by atoms with Gasteiger partial charge in [0.15, 0.2) is 0 Å². The van der Waals surface area contributed by atoms with E-state index in [9.17, 15) is 0 Å². The molecule has 0 radical (unpaired) electrons. The van der Waals surface area contributed by atoms with Crippen LogP contribution in [-0.4, -0.2) is 23.1 Å². The van der Waals surface area contributed by atoms with Gasteiger partial charge >= 0.3 is 0 Å². The van der Waals surface area contributed by atoms with E-state index in [1.807, 2.05) is 0 Å². The quantitative estimate of drug-likeness (QED) is 0.711. The van der Waals surface area contributed by atoms with Gasteiger partial charge in [0.2, 0.25) is 0 Å². The van der Waals surface area contributed by atoms with Crippen LogP contribution in [-0.2, 0) is 6.42 Å². The minimum Gasteiger partial charge on any atom is -0.356 e. The predicted molar refractivity (Wildman–Crippen MR) is 83.4 cm³/mol. The summed E-state index contributed by atoms with van der Waals surface area (Å²) in [5.41, 5.74) is 1.05. The Morgan fingerprint density at radius 3 is 2.20 bits per heavy atom. The summed E-state index contributed by atoms with van der Waals surface area (Å²) in [6, 6.07) is 0. The summed E-state index contributed by atoms with van der Waals surface area (Å²) >= 11 is 6.33. The highest BCUT2D eigenvalue weighted by Gasteiger charge is 2.31. The highest BCUT2D eigenvalue weighted by Crippen LogP contribution is 2.36. The van der Waals surface area contributed by atoms with Gasteiger partial charge < -0.3 is 4.90 Å². The predicted octanol–water partition coefficient (Wildman–Crippen LogP) is 4.02. The molecular weight excluding hydrogens is 270 g/mol. The molecule has 2 aliphatic carbocycles. The molecule has 1 aromatic heterocycles. The summed E-state index contributed by atoms with van der Waals surface area (Å²) in [4.78, 5) is 11.7. The molecule has 0 aromatic carbocycles. The van der Waals surface area contributed by atoms with Gasteiger partial charge in [0.05, 0.1) is 0 Å². The van der Waals surface area contributed by atoms with Crippen molar-refractivity contribution in [1.29, 1.82) is 0 Å². The van der Waals surface area contributed by atoms with E-state index in [2.05, 4.69) is 23.7 Å². The van der Waals surface area contributed by atoms with Gasteiger partial charge in [0, 0.05) is 25.1 Å². The lowest BCUT2D eigenvalue weighted by Crippen LogP contribution is -2.30. The monoisotopic (exact) mass is 293 g/mol. The smallest absolute Gasteiger partial charge is 0.137 e. The van der Waals surface area contributed by atoms with Crippen molar-refractivity contribution >= 4 is 17.4 Å². The lowest BCUT2D eigenvalue weighted by Gasteiger charge is -2.26. The minimum atomic E-state index is 0.634. The zero-order chi connectivity index (χ0) is 14.1. The van der Waals surface area contributed by atoms with Crippen molar-refractivity contribution in [1.82, 2.24) is 9.97 Å². The topological polar surface area (TPSA) is 29.0 Å². The van der Waals surface area contributed by atoms with Crippen molar-refractivity contribution in [2.45, 2.75) is 52.4 Å². The molecule has 0 saturated heterocycles. The van der Waals surface area contributed by atoms with Crippen molar-refractivity contribution in [3.8, 4) is 0 Å². The van der Waals surface area contributed by atoms with E-state index < -0.39 is 0 Å². The first-order valence-corrected chi connectivity index (χ1v) is 8.33. The van der Waals surface area contributed by atoms with E-state index >= 15 is 0 Å². The van der Waals surface area contributed by atoms with Gasteiger partial charge in [0.25, 0.3) is 0 Å². The maximum atomic E-state index is 6.33. The number of hydrogen-bond acceptors (Lipinski definition) is 3. The molecule has 110 valence electrons. The number of anilines is 1. The number of rotatable bonds is 7. The third kappa shape index (κ3) is 3.43. The summed E-state index contributed by atoms with van der Waals surface area (Å²) in [6.45, 7) is 6.51. The van der Waals surface area contributed by atoms with Gasteiger partial charge in [0.1, 0.15) is 16.8 Å². The largest absolute Gasteiger partial charge is 0.356 e. The molecule has 1 heterocycles. The molecule has 2 aliphatic rings. The van der Waals surface area contributed by atoms with Crippen molar-refractivity contribution in [3.05, 3.63) is 16.5 Å². The maximum Gasteiger partial charge on any atom is 0.137 e. The molecule has 0 bridgehead atoms. The third-order valence-electron chi connectivity index (χ3n) is 4.23. The Balaban J connectivity index is 1.85. The number of nitrogens with zero attached hydrogens (tertiary/aromatic N) is 3. The fourth-order valence-electron chi connectivity index (χ4n) is 2.64. The molecule has 20 heavy (non-hydrogen) atoms. The van der Waals surface area contributed by atoms with Crippen LogP contribution in [0.2, 0.25) is 5.15 Å². The highest BCUT2D eigenvalue weighted by atomic mass is 35.5. The molecule has 2 saturated carbocycles. The summed E-state index contributed by atoms with van der Waals surface area (Å²) in [7, 11) is 0. The molecule has 1 aromatic rings. The van der Waals surface area contributed by atoms with E-state index in [0.29, 0.717) is 5.15 Å². The first kappa shape index (κ1) is 14.1. The fourth-order valence-corrected chi connectivity index (χ4v) is 2.82. The van der Waals surface area contributed by atoms with E-state index in [4.69, 9.17) is 16.6 Å². The molecule has 2 fully saturated rings. The van der Waals surface area contributed by atoms with E-state index in [1.54, 1.807) is 0 Å². The van der Waals surface area contributed by atoms with Crippen LogP contribution in [0.5, 0.6) is 0 Å². The van der Waals surface area contributed by atoms with Gasteiger partial charge in [-0.25, -0.2) is 9.97 Å². The lowest BCUT2D eigenvalue weighted by atomic mass is 10.2. The Labute approximate surface area is 126 Å².